The molecule has 49 heavy (non-hydrogen) atoms. The van der Waals surface area contributed by atoms with E-state index in [1.54, 1.807) is 5.32 Å². The summed E-state index contributed by atoms with van der Waals surface area (Å²) in [6.45, 7) is 0. The van der Waals surface area contributed by atoms with E-state index in [-0.39, 0.29) is 16.3 Å². The van der Waals surface area contributed by atoms with Crippen LogP contribution in [-0.2, 0) is 25.6 Å². The fraction of sp³-hybridized carbons (Fsp3) is 0.250. The number of sulfone groups is 1. The number of carbonyl (C=O) groups is 3. The first-order valence-electron chi connectivity index (χ1n) is 13.2. The van der Waals surface area contributed by atoms with Crippen molar-refractivity contribution < 1.29 is 62.3 Å². The number of hydrogen-bond acceptors (Lipinski definition) is 5. The lowest BCUT2D eigenvalue weighted by Crippen LogP contribution is -2.28. The third-order valence-corrected chi connectivity index (χ3v) is 9.74. The molecule has 1 aliphatic rings. The molecule has 3 aromatic rings. The van der Waals surface area contributed by atoms with Gasteiger partial charge in [-0.15, -0.1) is 23.2 Å². The standard InChI is InChI=1S/C28H17Cl3F9N3O5S/c29-15-3-2-12(41-25(46)21-20(26(21,30)31)11-1-4-16(32)14(9-11)27(35,36)37)10-13(15)24(45)42-18-6-5-17(33)23(22(18)34)43-19(44)7-8-49(47,48)28(38,39)40/h1-6,9-10,20-21H,7-8H2,(H,41,46)(H,42,45)(H,43,44)/t20?,21-/m1/s1. The summed E-state index contributed by atoms with van der Waals surface area (Å²) in [5.41, 5.74) is -10.0. The Balaban J connectivity index is 1.48. The Morgan fingerprint density at radius 1 is 0.837 bits per heavy atom. The van der Waals surface area contributed by atoms with Crippen molar-refractivity contribution in [1.29, 1.82) is 0 Å². The molecule has 264 valence electrons. The van der Waals surface area contributed by atoms with Crippen molar-refractivity contribution in [2.24, 2.45) is 5.92 Å². The summed E-state index contributed by atoms with van der Waals surface area (Å²) in [6, 6.07) is 6.57. The largest absolute Gasteiger partial charge is 0.497 e. The second-order valence-electron chi connectivity index (χ2n) is 10.4. The van der Waals surface area contributed by atoms with E-state index in [1.165, 1.54) is 6.07 Å². The number of anilines is 3. The molecule has 0 bridgehead atoms. The molecule has 0 spiro atoms. The van der Waals surface area contributed by atoms with E-state index in [0.717, 1.165) is 18.2 Å². The van der Waals surface area contributed by atoms with E-state index in [9.17, 15) is 57.9 Å². The summed E-state index contributed by atoms with van der Waals surface area (Å²) < 4.78 is 141. The zero-order valence-corrected chi connectivity index (χ0v) is 26.8. The maximum atomic E-state index is 15.1. The molecule has 3 N–H and O–H groups in total. The summed E-state index contributed by atoms with van der Waals surface area (Å²) in [6.07, 6.45) is -6.37. The molecule has 1 saturated carbocycles. The van der Waals surface area contributed by atoms with Crippen LogP contribution >= 0.6 is 34.8 Å². The highest BCUT2D eigenvalue weighted by atomic mass is 35.5. The topological polar surface area (TPSA) is 121 Å². The number of amides is 3. The van der Waals surface area contributed by atoms with Crippen LogP contribution in [0.4, 0.5) is 56.6 Å². The third-order valence-electron chi connectivity index (χ3n) is 7.02. The smallest absolute Gasteiger partial charge is 0.326 e. The van der Waals surface area contributed by atoms with Crippen molar-refractivity contribution >= 4 is 79.4 Å². The van der Waals surface area contributed by atoms with Crippen molar-refractivity contribution in [3.8, 4) is 0 Å². The summed E-state index contributed by atoms with van der Waals surface area (Å²) in [7, 11) is -5.71. The summed E-state index contributed by atoms with van der Waals surface area (Å²) in [5, 5.41) is 5.72. The lowest BCUT2D eigenvalue weighted by molar-refractivity contribution is -0.140. The van der Waals surface area contributed by atoms with Crippen molar-refractivity contribution in [2.45, 2.75) is 28.4 Å². The van der Waals surface area contributed by atoms with Gasteiger partial charge in [0.15, 0.2) is 5.82 Å². The van der Waals surface area contributed by atoms with Crippen LogP contribution in [0.5, 0.6) is 0 Å². The molecule has 0 aromatic heterocycles. The minimum Gasteiger partial charge on any atom is -0.326 e. The van der Waals surface area contributed by atoms with E-state index in [0.29, 0.717) is 24.3 Å². The molecular formula is C28H17Cl3F9N3O5S. The first-order valence-corrected chi connectivity index (χ1v) is 16.0. The Labute approximate surface area is 284 Å². The molecule has 2 atom stereocenters. The molecule has 1 unspecified atom stereocenters. The van der Waals surface area contributed by atoms with Crippen molar-refractivity contribution in [1.82, 2.24) is 0 Å². The predicted octanol–water partition coefficient (Wildman–Crippen LogP) is 7.82. The molecule has 0 aliphatic heterocycles. The van der Waals surface area contributed by atoms with Gasteiger partial charge in [-0.05, 0) is 48.0 Å². The average molecular weight is 785 g/mol. The number of nitrogens with one attached hydrogen (secondary N) is 3. The minimum atomic E-state index is -5.71. The fourth-order valence-corrected chi connectivity index (χ4v) is 6.23. The highest BCUT2D eigenvalue weighted by molar-refractivity contribution is 7.92. The van der Waals surface area contributed by atoms with Crippen LogP contribution in [0.25, 0.3) is 0 Å². The van der Waals surface area contributed by atoms with Gasteiger partial charge >= 0.3 is 11.7 Å². The Bertz CT molecular complexity index is 1960. The van der Waals surface area contributed by atoms with Gasteiger partial charge in [-0.1, -0.05) is 17.7 Å². The molecule has 0 heterocycles. The van der Waals surface area contributed by atoms with Gasteiger partial charge in [0.2, 0.25) is 21.7 Å². The normalized spacial score (nSPS) is 17.3. The maximum absolute atomic E-state index is 15.1. The molecule has 1 aliphatic carbocycles. The van der Waals surface area contributed by atoms with Gasteiger partial charge in [-0.2, -0.15) is 26.3 Å². The third kappa shape index (κ3) is 8.19. The molecule has 3 aromatic carbocycles. The number of carbonyl (C=O) groups excluding carboxylic acids is 3. The quantitative estimate of drug-likeness (QED) is 0.151. The van der Waals surface area contributed by atoms with Gasteiger partial charge in [0.25, 0.3) is 5.91 Å². The molecule has 21 heteroatoms. The molecule has 4 rings (SSSR count). The number of hydrogen-bond donors (Lipinski definition) is 3. The lowest BCUT2D eigenvalue weighted by atomic mass is 10.0. The average Bonchev–Trinajstić information content (AvgIpc) is 3.57. The van der Waals surface area contributed by atoms with E-state index < -0.39 is 108 Å². The van der Waals surface area contributed by atoms with Crippen molar-refractivity contribution in [3.05, 3.63) is 87.7 Å². The number of halogens is 12. The van der Waals surface area contributed by atoms with E-state index in [2.05, 4.69) is 5.32 Å². The first-order chi connectivity index (χ1) is 22.5. The first kappa shape index (κ1) is 38.1. The molecular weight excluding hydrogens is 768 g/mol. The number of rotatable bonds is 9. The number of alkyl halides is 8. The van der Waals surface area contributed by atoms with Crippen LogP contribution < -0.4 is 16.0 Å². The van der Waals surface area contributed by atoms with E-state index in [1.807, 2.05) is 5.32 Å². The second-order valence-corrected chi connectivity index (χ2v) is 14.3. The summed E-state index contributed by atoms with van der Waals surface area (Å²) in [5.74, 6) is -12.5. The van der Waals surface area contributed by atoms with Crippen LogP contribution in [0.1, 0.15) is 33.8 Å². The number of benzene rings is 3. The maximum Gasteiger partial charge on any atom is 0.497 e. The zero-order chi connectivity index (χ0) is 36.9. The van der Waals surface area contributed by atoms with Gasteiger partial charge < -0.3 is 16.0 Å². The summed E-state index contributed by atoms with van der Waals surface area (Å²) >= 11 is 18.4. The SMILES string of the molecule is O=C(CCS(=O)(=O)C(F)(F)F)Nc1c(F)ccc(NC(=O)c2cc(NC(=O)[C@H]3C(c4ccc(F)c(C(F)(F)F)c4)C3(Cl)Cl)ccc2Cl)c1F. The van der Waals surface area contributed by atoms with Crippen LogP contribution in [-0.4, -0.2) is 41.7 Å². The van der Waals surface area contributed by atoms with E-state index >= 15 is 4.39 Å². The fourth-order valence-electron chi connectivity index (χ4n) is 4.52. The molecule has 8 nitrogen and oxygen atoms in total. The summed E-state index contributed by atoms with van der Waals surface area (Å²) in [4.78, 5) is 38.0. The van der Waals surface area contributed by atoms with Gasteiger partial charge in [0.05, 0.1) is 33.5 Å². The van der Waals surface area contributed by atoms with Crippen LogP contribution in [0, 0.1) is 23.4 Å². The zero-order valence-electron chi connectivity index (χ0n) is 23.7. The van der Waals surface area contributed by atoms with Gasteiger partial charge in [0, 0.05) is 18.0 Å². The van der Waals surface area contributed by atoms with Crippen molar-refractivity contribution in [3.63, 3.8) is 0 Å². The molecule has 3 amide bonds. The Hall–Kier alpha value is -3.74. The van der Waals surface area contributed by atoms with Crippen LogP contribution in [0.15, 0.2) is 48.5 Å². The van der Waals surface area contributed by atoms with Crippen molar-refractivity contribution in [2.75, 3.05) is 21.7 Å². The van der Waals surface area contributed by atoms with Crippen LogP contribution in [0.3, 0.4) is 0 Å². The van der Waals surface area contributed by atoms with Gasteiger partial charge in [-0.25, -0.2) is 21.6 Å². The molecule has 1 fully saturated rings. The minimum absolute atomic E-state index is 0.134. The second kappa shape index (κ2) is 13.5. The van der Waals surface area contributed by atoms with Gasteiger partial charge in [0.1, 0.15) is 21.7 Å². The highest BCUT2D eigenvalue weighted by Crippen LogP contribution is 2.65. The van der Waals surface area contributed by atoms with Gasteiger partial charge in [-0.3, -0.25) is 14.4 Å². The molecule has 0 radical (unpaired) electrons. The van der Waals surface area contributed by atoms with E-state index in [4.69, 9.17) is 34.8 Å². The monoisotopic (exact) mass is 783 g/mol. The van der Waals surface area contributed by atoms with Crippen LogP contribution in [0.2, 0.25) is 5.02 Å². The highest BCUT2D eigenvalue weighted by Gasteiger charge is 2.67. The Kier molecular flexibility index (Phi) is 10.5. The Morgan fingerprint density at radius 3 is 2.08 bits per heavy atom. The lowest BCUT2D eigenvalue weighted by Gasteiger charge is -2.14. The predicted molar refractivity (Wildman–Crippen MR) is 160 cm³/mol. The Morgan fingerprint density at radius 2 is 1.47 bits per heavy atom. The molecule has 0 saturated heterocycles.